The van der Waals surface area contributed by atoms with Crippen LogP contribution >= 0.6 is 0 Å². The number of nitrogens with zero attached hydrogens (tertiary/aromatic N) is 2. The minimum Gasteiger partial charge on any atom is -0.311 e. The lowest BCUT2D eigenvalue weighted by Gasteiger charge is -2.12. The molecule has 1 N–H and O–H groups in total. The number of nitrogens with one attached hydrogen (secondary N) is 1. The summed E-state index contributed by atoms with van der Waals surface area (Å²) in [6, 6.07) is 9.97. The van der Waals surface area contributed by atoms with Crippen LogP contribution in [0.3, 0.4) is 0 Å². The van der Waals surface area contributed by atoms with Crippen LogP contribution in [-0.2, 0) is 13.0 Å². The maximum absolute atomic E-state index is 12.1. The highest BCUT2D eigenvalue weighted by molar-refractivity contribution is 5.35. The molecule has 0 aliphatic rings. The second-order valence-electron chi connectivity index (χ2n) is 6.05. The quantitative estimate of drug-likeness (QED) is 0.892. The monoisotopic (exact) mass is 299 g/mol. The van der Waals surface area contributed by atoms with E-state index in [9.17, 15) is 4.79 Å². The Kier molecular flexibility index (Phi) is 5.50. The van der Waals surface area contributed by atoms with E-state index in [1.54, 1.807) is 6.07 Å². The van der Waals surface area contributed by atoms with Gasteiger partial charge >= 0.3 is 0 Å². The summed E-state index contributed by atoms with van der Waals surface area (Å²) in [5.41, 5.74) is 3.68. The van der Waals surface area contributed by atoms with E-state index in [1.165, 1.54) is 5.56 Å². The van der Waals surface area contributed by atoms with Gasteiger partial charge in [-0.25, -0.2) is 4.68 Å². The molecule has 22 heavy (non-hydrogen) atoms. The predicted molar refractivity (Wildman–Crippen MR) is 90.5 cm³/mol. The molecule has 0 bridgehead atoms. The van der Waals surface area contributed by atoms with Crippen LogP contribution < -0.4 is 10.7 Å². The molecular weight excluding hydrogens is 274 g/mol. The summed E-state index contributed by atoms with van der Waals surface area (Å²) < 4.78 is 1.84. The van der Waals surface area contributed by atoms with Crippen molar-refractivity contribution in [3.63, 3.8) is 0 Å². The number of aromatic nitrogens is 2. The van der Waals surface area contributed by atoms with Crippen molar-refractivity contribution in [1.82, 2.24) is 15.1 Å². The Balaban J connectivity index is 2.28. The fourth-order valence-electron chi connectivity index (χ4n) is 2.32. The third-order valence-corrected chi connectivity index (χ3v) is 3.61. The summed E-state index contributed by atoms with van der Waals surface area (Å²) in [6.07, 6.45) is 1.02. The zero-order valence-electron chi connectivity index (χ0n) is 13.9. The maximum Gasteiger partial charge on any atom is 0.204 e. The lowest BCUT2D eigenvalue weighted by atomic mass is 10.1. The lowest BCUT2D eigenvalue weighted by Crippen LogP contribution is -2.26. The zero-order valence-corrected chi connectivity index (χ0v) is 13.9. The summed E-state index contributed by atoms with van der Waals surface area (Å²) in [5, 5.41) is 7.82. The molecule has 0 saturated carbocycles. The topological polar surface area (TPSA) is 46.9 Å². The second-order valence-corrected chi connectivity index (χ2v) is 6.05. The van der Waals surface area contributed by atoms with Crippen LogP contribution in [0.25, 0.3) is 5.69 Å². The van der Waals surface area contributed by atoms with Crippen molar-refractivity contribution in [3.05, 3.63) is 57.5 Å². The molecule has 4 heteroatoms. The predicted octanol–water partition coefficient (Wildman–Crippen LogP) is 2.85. The van der Waals surface area contributed by atoms with E-state index in [2.05, 4.69) is 55.5 Å². The van der Waals surface area contributed by atoms with Crippen LogP contribution in [0.1, 0.15) is 37.7 Å². The van der Waals surface area contributed by atoms with Crippen LogP contribution in [-0.4, -0.2) is 16.3 Å². The molecule has 0 amide bonds. The van der Waals surface area contributed by atoms with Crippen molar-refractivity contribution in [2.75, 3.05) is 6.54 Å². The van der Waals surface area contributed by atoms with Gasteiger partial charge in [0, 0.05) is 18.3 Å². The average molecular weight is 299 g/mol. The smallest absolute Gasteiger partial charge is 0.204 e. The van der Waals surface area contributed by atoms with Gasteiger partial charge in [-0.3, -0.25) is 4.79 Å². The van der Waals surface area contributed by atoms with E-state index in [0.717, 1.165) is 24.3 Å². The van der Waals surface area contributed by atoms with Gasteiger partial charge in [0.15, 0.2) is 0 Å². The van der Waals surface area contributed by atoms with E-state index in [-0.39, 0.29) is 5.43 Å². The third-order valence-electron chi connectivity index (χ3n) is 3.61. The Morgan fingerprint density at radius 3 is 2.50 bits per heavy atom. The Morgan fingerprint density at radius 2 is 1.91 bits per heavy atom. The molecule has 0 unspecified atom stereocenters. The summed E-state index contributed by atoms with van der Waals surface area (Å²) in [7, 11) is 0. The zero-order chi connectivity index (χ0) is 16.1. The Labute approximate surface area is 132 Å². The molecule has 2 rings (SSSR count). The molecule has 0 aliphatic heterocycles. The van der Waals surface area contributed by atoms with Crippen LogP contribution in [0.15, 0.2) is 35.1 Å². The van der Waals surface area contributed by atoms with Crippen molar-refractivity contribution < 1.29 is 0 Å². The van der Waals surface area contributed by atoms with Gasteiger partial charge in [-0.05, 0) is 43.5 Å². The van der Waals surface area contributed by atoms with Crippen molar-refractivity contribution in [3.8, 4) is 5.69 Å². The molecule has 0 atom stereocenters. The lowest BCUT2D eigenvalue weighted by molar-refractivity contribution is 0.541. The van der Waals surface area contributed by atoms with E-state index in [1.807, 2.05) is 11.6 Å². The van der Waals surface area contributed by atoms with Gasteiger partial charge in [-0.15, -0.1) is 0 Å². The first-order valence-corrected chi connectivity index (χ1v) is 7.91. The minimum absolute atomic E-state index is 0.00446. The highest BCUT2D eigenvalue weighted by Gasteiger charge is 2.08. The number of rotatable bonds is 6. The Bertz CT molecular complexity index is 672. The largest absolute Gasteiger partial charge is 0.311 e. The van der Waals surface area contributed by atoms with Gasteiger partial charge in [-0.2, -0.15) is 5.10 Å². The SMILES string of the molecule is CCc1ccc(-n2nc(CNCC(C)C)c(=O)cc2C)cc1. The van der Waals surface area contributed by atoms with Gasteiger partial charge < -0.3 is 5.32 Å². The molecule has 0 fully saturated rings. The normalized spacial score (nSPS) is 11.1. The molecular formula is C18H25N3O. The fourth-order valence-corrected chi connectivity index (χ4v) is 2.32. The third kappa shape index (κ3) is 4.04. The van der Waals surface area contributed by atoms with Crippen LogP contribution in [0, 0.1) is 12.8 Å². The number of hydrogen-bond acceptors (Lipinski definition) is 3. The first-order valence-electron chi connectivity index (χ1n) is 7.91. The van der Waals surface area contributed by atoms with Crippen molar-refractivity contribution in [2.24, 2.45) is 5.92 Å². The van der Waals surface area contributed by atoms with Crippen molar-refractivity contribution in [2.45, 2.75) is 40.7 Å². The molecule has 0 spiro atoms. The van der Waals surface area contributed by atoms with E-state index in [4.69, 9.17) is 0 Å². The van der Waals surface area contributed by atoms with E-state index >= 15 is 0 Å². The highest BCUT2D eigenvalue weighted by atomic mass is 16.1. The second kappa shape index (κ2) is 7.36. The molecule has 118 valence electrons. The average Bonchev–Trinajstić information content (AvgIpc) is 2.49. The van der Waals surface area contributed by atoms with Gasteiger partial charge in [0.05, 0.1) is 5.69 Å². The van der Waals surface area contributed by atoms with Gasteiger partial charge in [0.1, 0.15) is 5.69 Å². The first kappa shape index (κ1) is 16.4. The highest BCUT2D eigenvalue weighted by Crippen LogP contribution is 2.11. The number of benzene rings is 1. The van der Waals surface area contributed by atoms with Crippen molar-refractivity contribution in [1.29, 1.82) is 0 Å². The Morgan fingerprint density at radius 1 is 1.23 bits per heavy atom. The molecule has 1 aromatic heterocycles. The standard InChI is InChI=1S/C18H25N3O/c1-5-15-6-8-16(9-7-15)21-14(4)10-18(22)17(20-21)12-19-11-13(2)3/h6-10,13,19H,5,11-12H2,1-4H3. The Hall–Kier alpha value is -1.94. The minimum atomic E-state index is -0.00446. The fraction of sp³-hybridized carbons (Fsp3) is 0.444. The first-order chi connectivity index (χ1) is 10.5. The molecule has 0 aliphatic carbocycles. The molecule has 4 nitrogen and oxygen atoms in total. The number of hydrogen-bond donors (Lipinski definition) is 1. The molecule has 0 saturated heterocycles. The molecule has 1 aromatic carbocycles. The molecule has 0 radical (unpaired) electrons. The van der Waals surface area contributed by atoms with E-state index < -0.39 is 0 Å². The summed E-state index contributed by atoms with van der Waals surface area (Å²) in [4.78, 5) is 12.1. The van der Waals surface area contributed by atoms with Crippen molar-refractivity contribution >= 4 is 0 Å². The van der Waals surface area contributed by atoms with Gasteiger partial charge in [-0.1, -0.05) is 32.9 Å². The summed E-state index contributed by atoms with van der Waals surface area (Å²) >= 11 is 0. The maximum atomic E-state index is 12.1. The van der Waals surface area contributed by atoms with Crippen LogP contribution in [0.4, 0.5) is 0 Å². The summed E-state index contributed by atoms with van der Waals surface area (Å²) in [6.45, 7) is 9.71. The molecule has 2 aromatic rings. The molecule has 1 heterocycles. The van der Waals surface area contributed by atoms with Gasteiger partial charge in [0.25, 0.3) is 0 Å². The van der Waals surface area contributed by atoms with Crippen LogP contribution in [0.2, 0.25) is 0 Å². The number of aryl methyl sites for hydroxylation is 2. The van der Waals surface area contributed by atoms with Crippen LogP contribution in [0.5, 0.6) is 0 Å². The summed E-state index contributed by atoms with van der Waals surface area (Å²) in [5.74, 6) is 0.550. The van der Waals surface area contributed by atoms with E-state index in [0.29, 0.717) is 18.2 Å². The van der Waals surface area contributed by atoms with Gasteiger partial charge in [0.2, 0.25) is 5.43 Å².